The first-order valence-corrected chi connectivity index (χ1v) is 7.76. The van der Waals surface area contributed by atoms with E-state index in [0.29, 0.717) is 18.9 Å². The van der Waals surface area contributed by atoms with Crippen molar-refractivity contribution < 1.29 is 5.11 Å². The summed E-state index contributed by atoms with van der Waals surface area (Å²) in [6.07, 6.45) is -0.421. The summed E-state index contributed by atoms with van der Waals surface area (Å²) in [6, 6.07) is 13.8. The molecule has 2 N–H and O–H groups in total. The fourth-order valence-corrected chi connectivity index (χ4v) is 2.26. The molecule has 1 aromatic carbocycles. The van der Waals surface area contributed by atoms with Crippen molar-refractivity contribution in [3.63, 3.8) is 0 Å². The summed E-state index contributed by atoms with van der Waals surface area (Å²) in [6.45, 7) is 7.21. The average molecular weight is 300 g/mol. The molecule has 0 bridgehead atoms. The van der Waals surface area contributed by atoms with Crippen LogP contribution in [0.15, 0.2) is 42.5 Å². The van der Waals surface area contributed by atoms with E-state index in [1.165, 1.54) is 0 Å². The van der Waals surface area contributed by atoms with Gasteiger partial charge in [-0.25, -0.2) is 0 Å². The third kappa shape index (κ3) is 4.79. The second-order valence-electron chi connectivity index (χ2n) is 5.19. The molecule has 0 radical (unpaired) electrons. The number of aliphatic hydroxyl groups is 1. The van der Waals surface area contributed by atoms with Crippen LogP contribution in [0.1, 0.15) is 13.8 Å². The van der Waals surface area contributed by atoms with Crippen LogP contribution in [0.4, 0.5) is 5.82 Å². The first-order chi connectivity index (χ1) is 10.7. The lowest BCUT2D eigenvalue weighted by Gasteiger charge is -2.22. The molecular formula is C17H24N4O. The zero-order valence-corrected chi connectivity index (χ0v) is 13.2. The van der Waals surface area contributed by atoms with E-state index in [0.717, 1.165) is 24.3 Å². The van der Waals surface area contributed by atoms with E-state index in [2.05, 4.69) is 34.3 Å². The fourth-order valence-electron chi connectivity index (χ4n) is 2.26. The molecule has 5 nitrogen and oxygen atoms in total. The van der Waals surface area contributed by atoms with Crippen LogP contribution in [-0.4, -0.2) is 52.5 Å². The van der Waals surface area contributed by atoms with Gasteiger partial charge in [-0.15, -0.1) is 10.2 Å². The molecule has 0 aliphatic rings. The average Bonchev–Trinajstić information content (AvgIpc) is 2.59. The first kappa shape index (κ1) is 16.4. The van der Waals surface area contributed by atoms with Gasteiger partial charge in [0.2, 0.25) is 0 Å². The van der Waals surface area contributed by atoms with Crippen LogP contribution in [0.2, 0.25) is 0 Å². The second kappa shape index (κ2) is 8.46. The number of anilines is 1. The molecular weight excluding hydrogens is 276 g/mol. The number of hydrogen-bond acceptors (Lipinski definition) is 5. The summed E-state index contributed by atoms with van der Waals surface area (Å²) in [5.41, 5.74) is 1.89. The number of rotatable bonds is 8. The summed E-state index contributed by atoms with van der Waals surface area (Å²) in [5, 5.41) is 21.5. The summed E-state index contributed by atoms with van der Waals surface area (Å²) >= 11 is 0. The quantitative estimate of drug-likeness (QED) is 0.783. The third-order valence-electron chi connectivity index (χ3n) is 3.62. The van der Waals surface area contributed by atoms with E-state index in [4.69, 9.17) is 0 Å². The Morgan fingerprint density at radius 3 is 2.36 bits per heavy atom. The molecule has 118 valence electrons. The molecule has 2 aromatic rings. The lowest BCUT2D eigenvalue weighted by Crippen LogP contribution is -2.36. The molecule has 0 saturated heterocycles. The predicted octanol–water partition coefficient (Wildman–Crippen LogP) is 2.26. The molecule has 1 heterocycles. The maximum Gasteiger partial charge on any atom is 0.148 e. The zero-order valence-electron chi connectivity index (χ0n) is 13.2. The van der Waals surface area contributed by atoms with Crippen LogP contribution >= 0.6 is 0 Å². The number of benzene rings is 1. The molecule has 0 aliphatic heterocycles. The summed E-state index contributed by atoms with van der Waals surface area (Å²) in [7, 11) is 0. The minimum Gasteiger partial charge on any atom is -0.390 e. The monoisotopic (exact) mass is 300 g/mol. The molecule has 2 rings (SSSR count). The summed E-state index contributed by atoms with van der Waals surface area (Å²) in [5.74, 6) is 0.679. The normalized spacial score (nSPS) is 12.4. The van der Waals surface area contributed by atoms with Crippen LogP contribution in [0.3, 0.4) is 0 Å². The summed E-state index contributed by atoms with van der Waals surface area (Å²) < 4.78 is 0. The lowest BCUT2D eigenvalue weighted by molar-refractivity contribution is 0.128. The Balaban J connectivity index is 1.86. The largest absolute Gasteiger partial charge is 0.390 e. The van der Waals surface area contributed by atoms with Gasteiger partial charge in [0.15, 0.2) is 0 Å². The Hall–Kier alpha value is -1.98. The zero-order chi connectivity index (χ0) is 15.8. The molecule has 0 amide bonds. The number of aromatic nitrogens is 2. The molecule has 1 aromatic heterocycles. The number of nitrogens with one attached hydrogen (secondary N) is 1. The van der Waals surface area contributed by atoms with Crippen LogP contribution in [0.25, 0.3) is 11.3 Å². The molecule has 0 spiro atoms. The van der Waals surface area contributed by atoms with Gasteiger partial charge >= 0.3 is 0 Å². The Morgan fingerprint density at radius 2 is 1.77 bits per heavy atom. The van der Waals surface area contributed by atoms with Gasteiger partial charge in [0, 0.05) is 18.7 Å². The highest BCUT2D eigenvalue weighted by Crippen LogP contribution is 2.16. The topological polar surface area (TPSA) is 61.3 Å². The predicted molar refractivity (Wildman–Crippen MR) is 89.8 cm³/mol. The smallest absolute Gasteiger partial charge is 0.148 e. The maximum absolute atomic E-state index is 10.0. The SMILES string of the molecule is CCN(CC)CC(O)CNc1ccc(-c2ccccc2)nn1. The van der Waals surface area contributed by atoms with Crippen molar-refractivity contribution in [2.75, 3.05) is 31.5 Å². The highest BCUT2D eigenvalue weighted by molar-refractivity contribution is 5.59. The van der Waals surface area contributed by atoms with Crippen molar-refractivity contribution in [1.29, 1.82) is 0 Å². The van der Waals surface area contributed by atoms with Crippen LogP contribution in [0, 0.1) is 0 Å². The highest BCUT2D eigenvalue weighted by atomic mass is 16.3. The van der Waals surface area contributed by atoms with E-state index in [1.54, 1.807) is 0 Å². The molecule has 0 aliphatic carbocycles. The minimum absolute atomic E-state index is 0.421. The van der Waals surface area contributed by atoms with Gasteiger partial charge in [-0.1, -0.05) is 44.2 Å². The van der Waals surface area contributed by atoms with Gasteiger partial charge in [-0.2, -0.15) is 0 Å². The van der Waals surface area contributed by atoms with Crippen molar-refractivity contribution in [2.24, 2.45) is 0 Å². The second-order valence-corrected chi connectivity index (χ2v) is 5.19. The van der Waals surface area contributed by atoms with Gasteiger partial charge < -0.3 is 15.3 Å². The van der Waals surface area contributed by atoms with E-state index in [9.17, 15) is 5.11 Å². The van der Waals surface area contributed by atoms with Crippen molar-refractivity contribution in [3.05, 3.63) is 42.5 Å². The highest BCUT2D eigenvalue weighted by Gasteiger charge is 2.09. The van der Waals surface area contributed by atoms with Crippen molar-refractivity contribution in [1.82, 2.24) is 15.1 Å². The number of nitrogens with zero attached hydrogens (tertiary/aromatic N) is 3. The number of aliphatic hydroxyl groups excluding tert-OH is 1. The van der Waals surface area contributed by atoms with Gasteiger partial charge in [0.25, 0.3) is 0 Å². The van der Waals surface area contributed by atoms with E-state index < -0.39 is 6.10 Å². The Morgan fingerprint density at radius 1 is 1.05 bits per heavy atom. The van der Waals surface area contributed by atoms with Crippen LogP contribution < -0.4 is 5.32 Å². The molecule has 0 fully saturated rings. The molecule has 1 atom stereocenters. The standard InChI is InChI=1S/C17H24N4O/c1-3-21(4-2)13-15(22)12-18-17-11-10-16(19-20-17)14-8-6-5-7-9-14/h5-11,15,22H,3-4,12-13H2,1-2H3,(H,18,20). The molecule has 5 heteroatoms. The number of hydrogen-bond donors (Lipinski definition) is 2. The Labute approximate surface area is 132 Å². The lowest BCUT2D eigenvalue weighted by atomic mass is 10.1. The maximum atomic E-state index is 10.0. The van der Waals surface area contributed by atoms with Crippen molar-refractivity contribution in [2.45, 2.75) is 20.0 Å². The molecule has 22 heavy (non-hydrogen) atoms. The van der Waals surface area contributed by atoms with Gasteiger partial charge in [-0.3, -0.25) is 0 Å². The fraction of sp³-hybridized carbons (Fsp3) is 0.412. The van der Waals surface area contributed by atoms with E-state index >= 15 is 0 Å². The van der Waals surface area contributed by atoms with E-state index in [1.807, 2.05) is 42.5 Å². The third-order valence-corrected chi connectivity index (χ3v) is 3.62. The number of likely N-dealkylation sites (N-methyl/N-ethyl adjacent to an activating group) is 1. The van der Waals surface area contributed by atoms with Gasteiger partial charge in [0.05, 0.1) is 11.8 Å². The van der Waals surface area contributed by atoms with Gasteiger partial charge in [-0.05, 0) is 25.2 Å². The van der Waals surface area contributed by atoms with Crippen molar-refractivity contribution in [3.8, 4) is 11.3 Å². The van der Waals surface area contributed by atoms with Crippen molar-refractivity contribution >= 4 is 5.82 Å². The Kier molecular flexibility index (Phi) is 6.30. The van der Waals surface area contributed by atoms with Gasteiger partial charge in [0.1, 0.15) is 5.82 Å². The Bertz CT molecular complexity index is 540. The first-order valence-electron chi connectivity index (χ1n) is 7.76. The van der Waals surface area contributed by atoms with Crippen LogP contribution in [-0.2, 0) is 0 Å². The summed E-state index contributed by atoms with van der Waals surface area (Å²) in [4.78, 5) is 2.19. The molecule has 1 unspecified atom stereocenters. The van der Waals surface area contributed by atoms with E-state index in [-0.39, 0.29) is 0 Å². The molecule has 0 saturated carbocycles. The minimum atomic E-state index is -0.421. The van der Waals surface area contributed by atoms with Crippen LogP contribution in [0.5, 0.6) is 0 Å².